The van der Waals surface area contributed by atoms with Gasteiger partial charge in [-0.15, -0.1) is 11.8 Å². The number of hydrogen-bond donors (Lipinski definition) is 2. The summed E-state index contributed by atoms with van der Waals surface area (Å²) in [7, 11) is 3.15. The summed E-state index contributed by atoms with van der Waals surface area (Å²) in [5.41, 5.74) is 2.23. The topological polar surface area (TPSA) is 69.4 Å². The maximum Gasteiger partial charge on any atom is 0.165 e. The van der Waals surface area contributed by atoms with Crippen molar-refractivity contribution < 1.29 is 13.9 Å². The SMILES string of the molecule is CC.COc1cccc([C@H]2SCC(=N)N(C(=N)CF)c3ccc(Cl)cc32)c1OC. The molecule has 29 heavy (non-hydrogen) atoms. The van der Waals surface area contributed by atoms with Gasteiger partial charge >= 0.3 is 0 Å². The highest BCUT2D eigenvalue weighted by molar-refractivity contribution is 8.00. The largest absolute Gasteiger partial charge is 0.493 e. The first kappa shape index (κ1) is 23.0. The molecule has 0 fully saturated rings. The molecular formula is C21H25ClFN3O2S. The number of thioether (sulfide) groups is 1. The number of rotatable bonds is 4. The van der Waals surface area contributed by atoms with Crippen LogP contribution in [-0.4, -0.2) is 38.3 Å². The van der Waals surface area contributed by atoms with Crippen LogP contribution < -0.4 is 14.4 Å². The number of benzene rings is 2. The van der Waals surface area contributed by atoms with Crippen molar-refractivity contribution in [3.8, 4) is 11.5 Å². The zero-order chi connectivity index (χ0) is 21.6. The zero-order valence-corrected chi connectivity index (χ0v) is 18.5. The van der Waals surface area contributed by atoms with E-state index in [-0.39, 0.29) is 16.9 Å². The first-order valence-corrected chi connectivity index (χ1v) is 10.6. The first-order chi connectivity index (χ1) is 14.0. The maximum atomic E-state index is 13.3. The fourth-order valence-electron chi connectivity index (χ4n) is 3.14. The van der Waals surface area contributed by atoms with E-state index < -0.39 is 6.67 Å². The van der Waals surface area contributed by atoms with Gasteiger partial charge in [-0.05, 0) is 29.8 Å². The summed E-state index contributed by atoms with van der Waals surface area (Å²) in [5.74, 6) is 1.38. The van der Waals surface area contributed by atoms with Crippen molar-refractivity contribution in [1.29, 1.82) is 10.8 Å². The molecule has 3 rings (SSSR count). The van der Waals surface area contributed by atoms with Crippen LogP contribution in [0.3, 0.4) is 0 Å². The third kappa shape index (κ3) is 4.67. The quantitative estimate of drug-likeness (QED) is 0.458. The van der Waals surface area contributed by atoms with Gasteiger partial charge in [0.25, 0.3) is 0 Å². The molecule has 1 heterocycles. The Hall–Kier alpha value is -2.25. The van der Waals surface area contributed by atoms with Crippen molar-refractivity contribution >= 4 is 40.7 Å². The van der Waals surface area contributed by atoms with Crippen molar-refractivity contribution in [2.75, 3.05) is 31.5 Å². The maximum absolute atomic E-state index is 13.3. The van der Waals surface area contributed by atoms with Crippen LogP contribution in [0.5, 0.6) is 11.5 Å². The van der Waals surface area contributed by atoms with Gasteiger partial charge in [0, 0.05) is 10.6 Å². The fraction of sp³-hybridized carbons (Fsp3) is 0.333. The van der Waals surface area contributed by atoms with Gasteiger partial charge in [-0.2, -0.15) is 0 Å². The lowest BCUT2D eigenvalue weighted by Gasteiger charge is -2.25. The number of anilines is 1. The van der Waals surface area contributed by atoms with Crippen LogP contribution in [0.4, 0.5) is 10.1 Å². The van der Waals surface area contributed by atoms with Crippen LogP contribution in [0.25, 0.3) is 0 Å². The molecule has 0 amide bonds. The molecule has 2 aromatic carbocycles. The Balaban J connectivity index is 0.00000145. The van der Waals surface area contributed by atoms with E-state index in [2.05, 4.69) is 0 Å². The second kappa shape index (κ2) is 10.5. The molecule has 0 spiro atoms. The zero-order valence-electron chi connectivity index (χ0n) is 16.9. The van der Waals surface area contributed by atoms with E-state index in [1.807, 2.05) is 32.0 Å². The van der Waals surface area contributed by atoms with Crippen LogP contribution in [0, 0.1) is 10.8 Å². The molecule has 0 unspecified atom stereocenters. The number of para-hydroxylation sites is 1. The van der Waals surface area contributed by atoms with E-state index in [0.29, 0.717) is 28.0 Å². The second-order valence-electron chi connectivity index (χ2n) is 5.84. The molecule has 0 saturated carbocycles. The monoisotopic (exact) mass is 437 g/mol. The van der Waals surface area contributed by atoms with Crippen molar-refractivity contribution in [2.45, 2.75) is 19.1 Å². The van der Waals surface area contributed by atoms with Gasteiger partial charge < -0.3 is 9.47 Å². The second-order valence-corrected chi connectivity index (χ2v) is 7.37. The number of nitrogens with zero attached hydrogens (tertiary/aromatic N) is 1. The summed E-state index contributed by atoms with van der Waals surface area (Å²) >= 11 is 7.74. The van der Waals surface area contributed by atoms with Crippen LogP contribution in [0.1, 0.15) is 30.2 Å². The predicted molar refractivity (Wildman–Crippen MR) is 121 cm³/mol. The van der Waals surface area contributed by atoms with Gasteiger partial charge in [0.05, 0.1) is 30.9 Å². The molecule has 0 radical (unpaired) electrons. The summed E-state index contributed by atoms with van der Waals surface area (Å²) in [5, 5.41) is 16.6. The molecule has 0 bridgehead atoms. The number of fused-ring (bicyclic) bond motifs is 1. The number of alkyl halides is 1. The fourth-order valence-corrected chi connectivity index (χ4v) is 4.51. The number of amidine groups is 2. The lowest BCUT2D eigenvalue weighted by molar-refractivity contribution is 0.352. The molecule has 2 aromatic rings. The number of ether oxygens (including phenoxy) is 2. The van der Waals surface area contributed by atoms with Gasteiger partial charge in [-0.1, -0.05) is 37.6 Å². The van der Waals surface area contributed by atoms with E-state index in [4.69, 9.17) is 31.9 Å². The molecule has 1 aliphatic rings. The van der Waals surface area contributed by atoms with Crippen molar-refractivity contribution in [1.82, 2.24) is 0 Å². The highest BCUT2D eigenvalue weighted by atomic mass is 35.5. The minimum absolute atomic E-state index is 0.149. The molecule has 1 atom stereocenters. The van der Waals surface area contributed by atoms with Crippen molar-refractivity contribution in [3.63, 3.8) is 0 Å². The van der Waals surface area contributed by atoms with Gasteiger partial charge in [0.15, 0.2) is 11.5 Å². The van der Waals surface area contributed by atoms with Crippen molar-refractivity contribution in [2.24, 2.45) is 0 Å². The summed E-state index contributed by atoms with van der Waals surface area (Å²) in [6.07, 6.45) is 0. The van der Waals surface area contributed by atoms with Gasteiger partial charge in [0.2, 0.25) is 0 Å². The van der Waals surface area contributed by atoms with Crippen LogP contribution in [-0.2, 0) is 0 Å². The van der Waals surface area contributed by atoms with Crippen molar-refractivity contribution in [3.05, 3.63) is 52.5 Å². The Bertz CT molecular complexity index is 894. The third-order valence-electron chi connectivity index (χ3n) is 4.28. The van der Waals surface area contributed by atoms with E-state index in [1.54, 1.807) is 32.4 Å². The average molecular weight is 438 g/mol. The molecular weight excluding hydrogens is 413 g/mol. The molecule has 156 valence electrons. The van der Waals surface area contributed by atoms with E-state index in [0.717, 1.165) is 11.1 Å². The number of halogens is 2. The van der Waals surface area contributed by atoms with Gasteiger partial charge in [0.1, 0.15) is 18.3 Å². The summed E-state index contributed by atoms with van der Waals surface area (Å²) in [4.78, 5) is 1.34. The molecule has 1 aliphatic heterocycles. The Kier molecular flexibility index (Phi) is 8.34. The molecule has 0 saturated heterocycles. The molecule has 5 nitrogen and oxygen atoms in total. The Morgan fingerprint density at radius 1 is 1.21 bits per heavy atom. The van der Waals surface area contributed by atoms with E-state index in [1.165, 1.54) is 16.7 Å². The molecule has 0 aromatic heterocycles. The molecule has 0 aliphatic carbocycles. The lowest BCUT2D eigenvalue weighted by Crippen LogP contribution is -2.38. The van der Waals surface area contributed by atoms with Crippen LogP contribution >= 0.6 is 23.4 Å². The highest BCUT2D eigenvalue weighted by Gasteiger charge is 2.32. The van der Waals surface area contributed by atoms with E-state index in [9.17, 15) is 4.39 Å². The number of hydrogen-bond acceptors (Lipinski definition) is 5. The Morgan fingerprint density at radius 3 is 2.55 bits per heavy atom. The Morgan fingerprint density at radius 2 is 1.93 bits per heavy atom. The average Bonchev–Trinajstić information content (AvgIpc) is 2.89. The smallest absolute Gasteiger partial charge is 0.165 e. The van der Waals surface area contributed by atoms with E-state index >= 15 is 0 Å². The minimum atomic E-state index is -0.956. The summed E-state index contributed by atoms with van der Waals surface area (Å²) in [6, 6.07) is 10.8. The third-order valence-corrected chi connectivity index (χ3v) is 5.80. The van der Waals surface area contributed by atoms with Gasteiger partial charge in [-0.25, -0.2) is 4.39 Å². The first-order valence-electron chi connectivity index (χ1n) is 9.14. The number of methoxy groups -OCH3 is 2. The predicted octanol–water partition coefficient (Wildman–Crippen LogP) is 5.95. The molecule has 2 N–H and O–H groups in total. The highest BCUT2D eigenvalue weighted by Crippen LogP contribution is 2.48. The van der Waals surface area contributed by atoms with Gasteiger partial charge in [-0.3, -0.25) is 15.7 Å². The Labute approximate surface area is 180 Å². The minimum Gasteiger partial charge on any atom is -0.493 e. The van der Waals surface area contributed by atoms with Crippen LogP contribution in [0.15, 0.2) is 36.4 Å². The number of nitrogens with one attached hydrogen (secondary N) is 2. The standard InChI is InChI=1S/C19H19ClFN3O2S.C2H6/c1-25-15-5-3-4-12(18(15)26-2)19-13-8-11(20)6-7-14(13)24(16(22)9-21)17(23)10-27-19;1-2/h3-8,19,22-23H,9-10H2,1-2H3;1-2H3/t19-;/m1./s1. The summed E-state index contributed by atoms with van der Waals surface area (Å²) < 4.78 is 24.3. The molecule has 8 heteroatoms. The van der Waals surface area contributed by atoms with Crippen LogP contribution in [0.2, 0.25) is 5.02 Å². The summed E-state index contributed by atoms with van der Waals surface area (Å²) in [6.45, 7) is 3.04. The lowest BCUT2D eigenvalue weighted by atomic mass is 10.00. The normalized spacial score (nSPS) is 15.6.